The van der Waals surface area contributed by atoms with Crippen LogP contribution < -0.4 is 55.6 Å². The fourth-order valence-electron chi connectivity index (χ4n) is 8.14. The van der Waals surface area contributed by atoms with Gasteiger partial charge in [0.15, 0.2) is 0 Å². The summed E-state index contributed by atoms with van der Waals surface area (Å²) in [5.41, 5.74) is 2.56. The zero-order valence-corrected chi connectivity index (χ0v) is 53.4. The highest BCUT2D eigenvalue weighted by Crippen LogP contribution is 2.31. The second-order valence-corrected chi connectivity index (χ2v) is 24.8. The largest absolute Gasteiger partial charge is 0.480 e. The molecule has 7 aromatic heterocycles. The minimum atomic E-state index is -1.07. The van der Waals surface area contributed by atoms with E-state index in [4.69, 9.17) is 10.2 Å². The van der Waals surface area contributed by atoms with E-state index in [0.29, 0.717) is 66.8 Å². The molecule has 0 spiro atoms. The molecule has 0 saturated carbocycles. The second-order valence-electron chi connectivity index (χ2n) is 19.5. The SMILES string of the molecule is CC(SCc1cc(=O)[nH]c(=O)[nH]1)C(=O)O.N#Cc1cc2c(nc1SCc1cc(=O)[nH]c(=O)[nH]1)CCCC2.N#Cc1ccc(-c2cccs2)nc1SCc1cc(=O)[nH]c(=O)[nH]1.O=C1NC(=O)C(=Cc2ccc(C(=O)O)cc2)C(=O)N1.O=c1cc(CSc2ccccc2)[nH]c(=O)[nH]1. The number of pyridine rings is 2. The van der Waals surface area contributed by atoms with Crippen LogP contribution in [0.5, 0.6) is 0 Å². The number of nitriles is 2. The number of carbonyl (C=O) groups is 5. The van der Waals surface area contributed by atoms with Gasteiger partial charge in [0.05, 0.1) is 32.5 Å². The van der Waals surface area contributed by atoms with Crippen LogP contribution in [0, 0.1) is 22.7 Å². The Kier molecular flexibility index (Phi) is 26.3. The van der Waals surface area contributed by atoms with Crippen molar-refractivity contribution in [1.82, 2.24) is 60.5 Å². The van der Waals surface area contributed by atoms with Crippen molar-refractivity contribution >= 4 is 94.2 Å². The van der Waals surface area contributed by atoms with Crippen molar-refractivity contribution in [2.75, 3.05) is 0 Å². The molecule has 9 aromatic rings. The third-order valence-corrected chi connectivity index (χ3v) is 17.7. The molecule has 8 heterocycles. The molecule has 11 rings (SSSR count). The Hall–Kier alpha value is -11.2. The maximum Gasteiger partial charge on any atom is 0.335 e. The number of nitrogens with one attached hydrogen (secondary N) is 10. The van der Waals surface area contributed by atoms with Crippen molar-refractivity contribution in [3.8, 4) is 22.7 Å². The summed E-state index contributed by atoms with van der Waals surface area (Å²) in [6, 6.07) is 33.5. The van der Waals surface area contributed by atoms with E-state index in [1.54, 1.807) is 29.2 Å². The number of hydrogen-bond donors (Lipinski definition) is 12. The van der Waals surface area contributed by atoms with Gasteiger partial charge in [-0.3, -0.25) is 64.1 Å². The third kappa shape index (κ3) is 22.9. The number of aromatic amines is 8. The van der Waals surface area contributed by atoms with Crippen LogP contribution in [-0.2, 0) is 50.2 Å². The number of carboxylic acid groups (broad SMARTS) is 2. The van der Waals surface area contributed by atoms with Crippen molar-refractivity contribution in [3.05, 3.63) is 260 Å². The van der Waals surface area contributed by atoms with Gasteiger partial charge in [-0.2, -0.15) is 10.5 Å². The lowest BCUT2D eigenvalue weighted by molar-refractivity contribution is -0.136. The Morgan fingerprint density at radius 2 is 1.06 bits per heavy atom. The minimum absolute atomic E-state index is 0.0925. The van der Waals surface area contributed by atoms with E-state index >= 15 is 0 Å². The summed E-state index contributed by atoms with van der Waals surface area (Å²) in [4.78, 5) is 174. The predicted molar refractivity (Wildman–Crippen MR) is 355 cm³/mol. The maximum atomic E-state index is 11.4. The number of rotatable bonds is 16. The van der Waals surface area contributed by atoms with Gasteiger partial charge < -0.3 is 30.1 Å². The number of aryl methyl sites for hydroxylation is 2. The first-order chi connectivity index (χ1) is 45.5. The van der Waals surface area contributed by atoms with Gasteiger partial charge in [-0.15, -0.1) is 34.9 Å². The molecule has 2 aromatic carbocycles. The molecule has 1 fully saturated rings. The average molecular weight is 1380 g/mol. The first-order valence-electron chi connectivity index (χ1n) is 27.7. The smallest absolute Gasteiger partial charge is 0.335 e. The van der Waals surface area contributed by atoms with Crippen LogP contribution in [0.2, 0.25) is 0 Å². The van der Waals surface area contributed by atoms with E-state index in [9.17, 15) is 72.9 Å². The normalized spacial score (nSPS) is 12.2. The van der Waals surface area contributed by atoms with Crippen LogP contribution in [0.3, 0.4) is 0 Å². The molecular formula is C61H52N14O15S5. The van der Waals surface area contributed by atoms with Crippen molar-refractivity contribution in [3.63, 3.8) is 0 Å². The molecule has 1 atom stereocenters. The Morgan fingerprint density at radius 1 is 0.568 bits per heavy atom. The number of aliphatic carboxylic acids is 1. The van der Waals surface area contributed by atoms with Gasteiger partial charge in [-0.05, 0) is 104 Å². The van der Waals surface area contributed by atoms with Crippen LogP contribution in [0.25, 0.3) is 16.6 Å². The number of fused-ring (bicyclic) bond motifs is 1. The lowest BCUT2D eigenvalue weighted by Crippen LogP contribution is -2.51. The number of aromatic carboxylic acids is 1. The summed E-state index contributed by atoms with van der Waals surface area (Å²) in [5, 5.41) is 42.3. The Balaban J connectivity index is 0.000000169. The van der Waals surface area contributed by atoms with E-state index < -0.39 is 74.5 Å². The Bertz CT molecular complexity index is 4780. The van der Waals surface area contributed by atoms with Gasteiger partial charge in [-0.1, -0.05) is 59.9 Å². The van der Waals surface area contributed by atoms with Crippen molar-refractivity contribution < 1.29 is 34.2 Å². The standard InChI is InChI=1S/C15H10N4O2S2.C15H14N4O2S.C12H8N2O5.C11H10N2O2S.C8H10N2O4S/c16-7-9-3-4-11(12-2-1-5-22-12)18-14(9)23-8-10-6-13(20)19-15(21)17-10;16-7-10-5-9-3-1-2-4-12(9)18-14(10)22-8-11-6-13(20)19-15(21)17-11;15-9-8(10(16)14-12(19)13-9)5-6-1-3-7(4-2-6)11(17)18;14-10-6-8(12-11(15)13-10)7-16-9-4-2-1-3-5-9;1-4(7(12)13)15-3-5-2-6(11)10-8(14)9-5/h1-6H,8H2,(H2,17,19,20,21);5-6H,1-4,8H2,(H2,17,19,20,21);1-5H,(H,17,18)(H2,13,14,15,16,19);1-6H,7H2,(H2,12,13,14,15);2,4H,3H2,1H3,(H,12,13)(H2,9,10,11,14). The number of imide groups is 2. The van der Waals surface area contributed by atoms with Gasteiger partial charge in [0.2, 0.25) is 0 Å². The van der Waals surface area contributed by atoms with E-state index in [-0.39, 0.29) is 22.4 Å². The topological polar surface area (TPSA) is 486 Å². The third-order valence-electron chi connectivity index (χ3n) is 12.5. The van der Waals surface area contributed by atoms with Crippen LogP contribution in [-0.4, -0.2) is 95.1 Å². The van der Waals surface area contributed by atoms with Gasteiger partial charge in [0.1, 0.15) is 27.8 Å². The fraction of sp³-hybridized carbons (Fsp3) is 0.164. The number of aromatic nitrogens is 10. The molecule has 34 heteroatoms. The van der Waals surface area contributed by atoms with Crippen LogP contribution >= 0.6 is 58.4 Å². The molecule has 0 bridgehead atoms. The van der Waals surface area contributed by atoms with Gasteiger partial charge in [-0.25, -0.2) is 38.7 Å². The number of urea groups is 1. The lowest BCUT2D eigenvalue weighted by atomic mass is 9.95. The minimum Gasteiger partial charge on any atom is -0.480 e. The summed E-state index contributed by atoms with van der Waals surface area (Å²) in [5.74, 6) is -2.00. The van der Waals surface area contributed by atoms with E-state index in [1.807, 2.05) is 75.6 Å². The molecule has 2 aliphatic rings. The summed E-state index contributed by atoms with van der Waals surface area (Å²) in [6.45, 7) is 1.54. The van der Waals surface area contributed by atoms with Crippen LogP contribution in [0.4, 0.5) is 4.79 Å². The quantitative estimate of drug-likeness (QED) is 0.0339. The molecule has 4 amide bonds. The van der Waals surface area contributed by atoms with Gasteiger partial charge in [0.25, 0.3) is 34.1 Å². The van der Waals surface area contributed by atoms with Crippen molar-refractivity contribution in [2.45, 2.75) is 75.8 Å². The van der Waals surface area contributed by atoms with E-state index in [2.05, 4.69) is 57.0 Å². The summed E-state index contributed by atoms with van der Waals surface area (Å²) in [6.07, 6.45) is 5.44. The van der Waals surface area contributed by atoms with Crippen molar-refractivity contribution in [2.24, 2.45) is 0 Å². The number of carboxylic acids is 2. The molecule has 0 radical (unpaired) electrons. The fourth-order valence-corrected chi connectivity index (χ4v) is 12.2. The summed E-state index contributed by atoms with van der Waals surface area (Å²) in [7, 11) is 0. The molecular weight excluding hydrogens is 1330 g/mol. The van der Waals surface area contributed by atoms with Crippen LogP contribution in [0.15, 0.2) is 173 Å². The number of barbiturate groups is 1. The average Bonchev–Trinajstić information content (AvgIpc) is 1.26. The monoisotopic (exact) mass is 1380 g/mol. The highest BCUT2D eigenvalue weighted by molar-refractivity contribution is 8.00. The Morgan fingerprint density at radius 3 is 1.54 bits per heavy atom. The predicted octanol–water partition coefficient (Wildman–Crippen LogP) is 5.11. The van der Waals surface area contributed by atoms with Gasteiger partial charge in [0, 0.05) is 80.6 Å². The molecule has 12 N–H and O–H groups in total. The molecule has 1 aliphatic heterocycles. The van der Waals surface area contributed by atoms with Gasteiger partial charge >= 0.3 is 40.7 Å². The molecule has 486 valence electrons. The number of nitrogens with zero attached hydrogens (tertiary/aromatic N) is 4. The van der Waals surface area contributed by atoms with E-state index in [1.165, 1.54) is 85.1 Å². The van der Waals surface area contributed by atoms with E-state index in [0.717, 1.165) is 64.2 Å². The molecule has 1 saturated heterocycles. The molecule has 1 aliphatic carbocycles. The number of carbonyl (C=O) groups excluding carboxylic acids is 3. The number of thiophene rings is 1. The number of amides is 4. The number of thioether (sulfide) groups is 4. The molecule has 1 unspecified atom stereocenters. The number of H-pyrrole nitrogens is 8. The zero-order valence-electron chi connectivity index (χ0n) is 49.3. The summed E-state index contributed by atoms with van der Waals surface area (Å²) >= 11 is 6.93. The lowest BCUT2D eigenvalue weighted by Gasteiger charge is -2.16. The Labute approximate surface area is 554 Å². The zero-order chi connectivity index (χ0) is 68.6. The first-order valence-corrected chi connectivity index (χ1v) is 32.6. The summed E-state index contributed by atoms with van der Waals surface area (Å²) < 4.78 is 0. The highest BCUT2D eigenvalue weighted by atomic mass is 32.2. The number of benzene rings is 2. The second kappa shape index (κ2) is 35.0. The molecule has 29 nitrogen and oxygen atoms in total. The first kappa shape index (κ1) is 71.3. The molecule has 95 heavy (non-hydrogen) atoms. The van der Waals surface area contributed by atoms with Crippen LogP contribution in [0.1, 0.15) is 80.8 Å². The highest BCUT2D eigenvalue weighted by Gasteiger charge is 2.27. The number of hydrogen-bond acceptors (Lipinski definition) is 22. The maximum absolute atomic E-state index is 11.4. The van der Waals surface area contributed by atoms with Crippen molar-refractivity contribution in [1.29, 1.82) is 10.5 Å².